The number of nitrogens with zero attached hydrogens (tertiary/aromatic N) is 1. The lowest BCUT2D eigenvalue weighted by Crippen LogP contribution is -2.43. The van der Waals surface area contributed by atoms with Crippen molar-refractivity contribution in [3.8, 4) is 0 Å². The van der Waals surface area contributed by atoms with Crippen LogP contribution in [0, 0.1) is 5.92 Å². The van der Waals surface area contributed by atoms with E-state index in [0.29, 0.717) is 12.0 Å². The summed E-state index contributed by atoms with van der Waals surface area (Å²) < 4.78 is 0. The lowest BCUT2D eigenvalue weighted by atomic mass is 9.95. The van der Waals surface area contributed by atoms with Gasteiger partial charge in [-0.15, -0.1) is 0 Å². The van der Waals surface area contributed by atoms with Crippen LogP contribution in [0.3, 0.4) is 0 Å². The molecular weight excluding hydrogens is 268 g/mol. The van der Waals surface area contributed by atoms with Gasteiger partial charge in [-0.05, 0) is 36.8 Å². The van der Waals surface area contributed by atoms with Crippen molar-refractivity contribution in [2.24, 2.45) is 11.7 Å². The molecule has 0 heterocycles. The third-order valence-corrected chi connectivity index (χ3v) is 4.39. The van der Waals surface area contributed by atoms with Crippen LogP contribution in [0.25, 0.3) is 0 Å². The second-order valence-electron chi connectivity index (χ2n) is 6.36. The second kappa shape index (κ2) is 6.93. The quantitative estimate of drug-likeness (QED) is 0.815. The SMILES string of the molecule is CCC(N)C(c1ccccc1Cl)N(CC(C)C)C1CC1. The number of rotatable bonds is 7. The molecule has 1 aromatic rings. The van der Waals surface area contributed by atoms with E-state index in [4.69, 9.17) is 17.3 Å². The summed E-state index contributed by atoms with van der Waals surface area (Å²) in [6.07, 6.45) is 3.56. The van der Waals surface area contributed by atoms with Gasteiger partial charge in [0.15, 0.2) is 0 Å². The largest absolute Gasteiger partial charge is 0.326 e. The summed E-state index contributed by atoms with van der Waals surface area (Å²) in [5.41, 5.74) is 7.65. The minimum atomic E-state index is 0.134. The molecule has 2 N–H and O–H groups in total. The molecule has 1 aliphatic rings. The van der Waals surface area contributed by atoms with E-state index in [1.54, 1.807) is 0 Å². The molecule has 0 aromatic heterocycles. The highest BCUT2D eigenvalue weighted by Gasteiger charge is 2.37. The van der Waals surface area contributed by atoms with Gasteiger partial charge in [0.1, 0.15) is 0 Å². The van der Waals surface area contributed by atoms with E-state index in [9.17, 15) is 0 Å². The smallest absolute Gasteiger partial charge is 0.0516 e. The molecule has 2 rings (SSSR count). The molecule has 0 aliphatic heterocycles. The highest BCUT2D eigenvalue weighted by atomic mass is 35.5. The summed E-state index contributed by atoms with van der Waals surface area (Å²) in [6, 6.07) is 9.24. The van der Waals surface area contributed by atoms with Crippen LogP contribution in [-0.4, -0.2) is 23.5 Å². The third kappa shape index (κ3) is 3.75. The van der Waals surface area contributed by atoms with Gasteiger partial charge in [0.05, 0.1) is 6.04 Å². The third-order valence-electron chi connectivity index (χ3n) is 4.05. The van der Waals surface area contributed by atoms with Gasteiger partial charge in [0.25, 0.3) is 0 Å². The summed E-state index contributed by atoms with van der Waals surface area (Å²) in [5.74, 6) is 0.643. The van der Waals surface area contributed by atoms with Crippen LogP contribution < -0.4 is 5.73 Å². The standard InChI is InChI=1S/C17H27ClN2/c1-4-16(19)17(14-7-5-6-8-15(14)18)20(11-12(2)3)13-9-10-13/h5-8,12-13,16-17H,4,9-11,19H2,1-3H3. The van der Waals surface area contributed by atoms with Crippen molar-refractivity contribution < 1.29 is 0 Å². The van der Waals surface area contributed by atoms with Crippen molar-refractivity contribution in [3.05, 3.63) is 34.9 Å². The van der Waals surface area contributed by atoms with Gasteiger partial charge in [-0.1, -0.05) is 50.6 Å². The molecule has 1 aliphatic carbocycles. The van der Waals surface area contributed by atoms with E-state index in [-0.39, 0.29) is 12.1 Å². The Bertz CT molecular complexity index is 429. The van der Waals surface area contributed by atoms with Crippen LogP contribution in [0.5, 0.6) is 0 Å². The minimum Gasteiger partial charge on any atom is -0.326 e. The summed E-state index contributed by atoms with van der Waals surface area (Å²) in [6.45, 7) is 7.80. The highest BCUT2D eigenvalue weighted by molar-refractivity contribution is 6.31. The molecule has 2 unspecified atom stereocenters. The van der Waals surface area contributed by atoms with Crippen LogP contribution in [0.15, 0.2) is 24.3 Å². The van der Waals surface area contributed by atoms with E-state index in [0.717, 1.165) is 18.0 Å². The van der Waals surface area contributed by atoms with Crippen LogP contribution in [0.2, 0.25) is 5.02 Å². The number of benzene rings is 1. The number of hydrogen-bond donors (Lipinski definition) is 1. The van der Waals surface area contributed by atoms with Gasteiger partial charge in [0, 0.05) is 23.7 Å². The molecule has 0 amide bonds. The van der Waals surface area contributed by atoms with Gasteiger partial charge in [0.2, 0.25) is 0 Å². The zero-order chi connectivity index (χ0) is 14.7. The Kier molecular flexibility index (Phi) is 5.48. The summed E-state index contributed by atoms with van der Waals surface area (Å²) in [5, 5.41) is 0.843. The van der Waals surface area contributed by atoms with Crippen molar-refractivity contribution in [1.29, 1.82) is 0 Å². The highest BCUT2D eigenvalue weighted by Crippen LogP contribution is 2.39. The molecule has 0 bridgehead atoms. The Hall–Kier alpha value is -0.570. The number of nitrogens with two attached hydrogens (primary N) is 1. The fourth-order valence-electron chi connectivity index (χ4n) is 2.91. The summed E-state index contributed by atoms with van der Waals surface area (Å²) in [7, 11) is 0. The fraction of sp³-hybridized carbons (Fsp3) is 0.647. The van der Waals surface area contributed by atoms with E-state index in [1.165, 1.54) is 18.4 Å². The van der Waals surface area contributed by atoms with Crippen molar-refractivity contribution in [2.75, 3.05) is 6.54 Å². The Morgan fingerprint density at radius 2 is 1.95 bits per heavy atom. The maximum atomic E-state index is 6.46. The van der Waals surface area contributed by atoms with Crippen molar-refractivity contribution >= 4 is 11.6 Å². The van der Waals surface area contributed by atoms with Crippen LogP contribution in [0.1, 0.15) is 51.6 Å². The van der Waals surface area contributed by atoms with Crippen LogP contribution in [0.4, 0.5) is 0 Å². The normalized spacial score (nSPS) is 18.6. The molecule has 2 nitrogen and oxygen atoms in total. The van der Waals surface area contributed by atoms with Crippen molar-refractivity contribution in [2.45, 2.75) is 58.2 Å². The number of hydrogen-bond acceptors (Lipinski definition) is 2. The average Bonchev–Trinajstić information content (AvgIpc) is 3.23. The van der Waals surface area contributed by atoms with Gasteiger partial charge in [-0.2, -0.15) is 0 Å². The molecule has 20 heavy (non-hydrogen) atoms. The lowest BCUT2D eigenvalue weighted by molar-refractivity contribution is 0.141. The van der Waals surface area contributed by atoms with Crippen LogP contribution in [-0.2, 0) is 0 Å². The molecular formula is C17H27ClN2. The van der Waals surface area contributed by atoms with Gasteiger partial charge >= 0.3 is 0 Å². The molecule has 112 valence electrons. The molecule has 0 radical (unpaired) electrons. The van der Waals surface area contributed by atoms with E-state index in [2.05, 4.69) is 37.8 Å². The Labute approximate surface area is 128 Å². The fourth-order valence-corrected chi connectivity index (χ4v) is 3.16. The van der Waals surface area contributed by atoms with Gasteiger partial charge in [-0.3, -0.25) is 4.90 Å². The topological polar surface area (TPSA) is 29.3 Å². The molecule has 0 spiro atoms. The first-order valence-corrected chi connectivity index (χ1v) is 8.18. The number of halogens is 1. The zero-order valence-electron chi connectivity index (χ0n) is 12.8. The van der Waals surface area contributed by atoms with E-state index >= 15 is 0 Å². The second-order valence-corrected chi connectivity index (χ2v) is 6.77. The maximum Gasteiger partial charge on any atom is 0.0516 e. The van der Waals surface area contributed by atoms with E-state index in [1.807, 2.05) is 12.1 Å². The predicted molar refractivity (Wildman–Crippen MR) is 87.0 cm³/mol. The maximum absolute atomic E-state index is 6.46. The van der Waals surface area contributed by atoms with Gasteiger partial charge < -0.3 is 5.73 Å². The predicted octanol–water partition coefficient (Wildman–Crippen LogP) is 4.24. The van der Waals surface area contributed by atoms with Gasteiger partial charge in [-0.25, -0.2) is 0 Å². The summed E-state index contributed by atoms with van der Waals surface area (Å²) in [4.78, 5) is 2.60. The lowest BCUT2D eigenvalue weighted by Gasteiger charge is -2.37. The molecule has 1 saturated carbocycles. The van der Waals surface area contributed by atoms with Crippen molar-refractivity contribution in [1.82, 2.24) is 4.90 Å². The Morgan fingerprint density at radius 3 is 2.45 bits per heavy atom. The summed E-state index contributed by atoms with van der Waals surface area (Å²) >= 11 is 6.44. The van der Waals surface area contributed by atoms with Crippen molar-refractivity contribution in [3.63, 3.8) is 0 Å². The zero-order valence-corrected chi connectivity index (χ0v) is 13.6. The average molecular weight is 295 g/mol. The monoisotopic (exact) mass is 294 g/mol. The Morgan fingerprint density at radius 1 is 1.30 bits per heavy atom. The van der Waals surface area contributed by atoms with E-state index < -0.39 is 0 Å². The molecule has 0 saturated heterocycles. The molecule has 1 aromatic carbocycles. The molecule has 1 fully saturated rings. The molecule has 2 atom stereocenters. The first kappa shape index (κ1) is 15.8. The first-order chi connectivity index (χ1) is 9.54. The Balaban J connectivity index is 2.32. The minimum absolute atomic E-state index is 0.134. The molecule has 3 heteroatoms. The van der Waals surface area contributed by atoms with Crippen LogP contribution >= 0.6 is 11.6 Å². The first-order valence-electron chi connectivity index (χ1n) is 7.80.